The summed E-state index contributed by atoms with van der Waals surface area (Å²) in [4.78, 5) is 0.0243. The molecule has 1 aliphatic heterocycles. The topological polar surface area (TPSA) is 6.48 Å². The van der Waals surface area contributed by atoms with Crippen LogP contribution in [0.3, 0.4) is 0 Å². The zero-order chi connectivity index (χ0) is 34.1. The minimum atomic E-state index is -7.92. The zero-order valence-corrected chi connectivity index (χ0v) is 22.7. The molecule has 1 unspecified atom stereocenters. The third-order valence-corrected chi connectivity index (χ3v) is 6.33. The molecule has 0 aromatic rings. The maximum atomic E-state index is 14.7. The standard InChI is InChI=1S/C23H31F13N2.BF4/c1-3-5-6-7-8-9-10-11-12-13-14-17-37(4-2)15-16-38(17)23(35,36)21(30,31)19(26,27)18(24,25)20(28,29)22(32,33)34;2-1(3,4)5/h4,15-17H,2-3,5-14H2,1H3;/q;-1. The molecule has 256 valence electrons. The molecular weight excluding hydrogens is 638 g/mol. The van der Waals surface area contributed by atoms with Crippen LogP contribution in [0, 0.1) is 0 Å². The van der Waals surface area contributed by atoms with Gasteiger partial charge in [-0.15, -0.1) is 0 Å². The lowest BCUT2D eigenvalue weighted by molar-refractivity contribution is -0.450. The van der Waals surface area contributed by atoms with Crippen LogP contribution in [-0.4, -0.2) is 59.1 Å². The van der Waals surface area contributed by atoms with Gasteiger partial charge in [0.25, 0.3) is 0 Å². The first-order chi connectivity index (χ1) is 19.3. The van der Waals surface area contributed by atoms with Gasteiger partial charge in [0.1, 0.15) is 6.17 Å². The van der Waals surface area contributed by atoms with Crippen molar-refractivity contribution in [3.05, 3.63) is 25.2 Å². The van der Waals surface area contributed by atoms with E-state index < -0.39 is 54.2 Å². The van der Waals surface area contributed by atoms with E-state index in [0.717, 1.165) is 56.0 Å². The molecular formula is C23H31BF17N2-. The highest BCUT2D eigenvalue weighted by Gasteiger charge is 2.91. The Morgan fingerprint density at radius 2 is 0.977 bits per heavy atom. The molecule has 0 aliphatic carbocycles. The predicted molar refractivity (Wildman–Crippen MR) is 124 cm³/mol. The van der Waals surface area contributed by atoms with Crippen molar-refractivity contribution in [2.75, 3.05) is 0 Å². The Morgan fingerprint density at radius 1 is 0.605 bits per heavy atom. The molecule has 1 heterocycles. The van der Waals surface area contributed by atoms with Crippen molar-refractivity contribution in [2.45, 2.75) is 120 Å². The maximum Gasteiger partial charge on any atom is 0.673 e. The van der Waals surface area contributed by atoms with E-state index in [2.05, 4.69) is 13.5 Å². The second-order valence-corrected chi connectivity index (χ2v) is 9.62. The Labute approximate surface area is 237 Å². The van der Waals surface area contributed by atoms with Gasteiger partial charge in [0.2, 0.25) is 0 Å². The fourth-order valence-corrected chi connectivity index (χ4v) is 3.98. The smallest absolute Gasteiger partial charge is 0.418 e. The summed E-state index contributed by atoms with van der Waals surface area (Å²) in [5.41, 5.74) is 0. The molecule has 1 atom stereocenters. The maximum absolute atomic E-state index is 14.7. The first-order valence-corrected chi connectivity index (χ1v) is 13.0. The molecule has 0 aromatic carbocycles. The number of halogens is 17. The molecule has 0 aromatic heterocycles. The fourth-order valence-electron chi connectivity index (χ4n) is 3.98. The molecule has 0 spiro atoms. The summed E-state index contributed by atoms with van der Waals surface area (Å²) in [5.74, 6) is -30.8. The van der Waals surface area contributed by atoms with E-state index in [4.69, 9.17) is 0 Å². The summed E-state index contributed by atoms with van der Waals surface area (Å²) in [6.45, 7) is 5.31. The van der Waals surface area contributed by atoms with E-state index in [1.165, 1.54) is 0 Å². The molecule has 1 rings (SSSR count). The molecule has 2 nitrogen and oxygen atoms in total. The first-order valence-electron chi connectivity index (χ1n) is 13.0. The Morgan fingerprint density at radius 3 is 1.35 bits per heavy atom. The average molecular weight is 669 g/mol. The Kier molecular flexibility index (Phi) is 14.6. The van der Waals surface area contributed by atoms with Gasteiger partial charge in [-0.05, 0) is 19.0 Å². The molecule has 43 heavy (non-hydrogen) atoms. The monoisotopic (exact) mass is 669 g/mol. The minimum Gasteiger partial charge on any atom is -0.418 e. The highest BCUT2D eigenvalue weighted by Crippen LogP contribution is 2.61. The zero-order valence-electron chi connectivity index (χ0n) is 22.7. The summed E-state index contributed by atoms with van der Waals surface area (Å²) >= 11 is 0. The second-order valence-electron chi connectivity index (χ2n) is 9.62. The number of unbranched alkanes of at least 4 members (excludes halogenated alkanes) is 9. The highest BCUT2D eigenvalue weighted by molar-refractivity contribution is 6.50. The molecule has 1 aliphatic rings. The lowest BCUT2D eigenvalue weighted by Crippen LogP contribution is -2.72. The van der Waals surface area contributed by atoms with Crippen molar-refractivity contribution in [3.63, 3.8) is 0 Å². The number of alkyl halides is 13. The summed E-state index contributed by atoms with van der Waals surface area (Å²) in [5, 5.41) is 0. The van der Waals surface area contributed by atoms with Crippen LogP contribution in [0.1, 0.15) is 77.6 Å². The Balaban J connectivity index is 0.00000324. The van der Waals surface area contributed by atoms with Crippen LogP contribution in [0.15, 0.2) is 25.2 Å². The summed E-state index contributed by atoms with van der Waals surface area (Å²) < 4.78 is 215. The van der Waals surface area contributed by atoms with Crippen LogP contribution in [0.5, 0.6) is 0 Å². The fraction of sp³-hybridized carbons (Fsp3) is 0.826. The quantitative estimate of drug-likeness (QED) is 0.0659. The van der Waals surface area contributed by atoms with Gasteiger partial charge >= 0.3 is 43.2 Å². The van der Waals surface area contributed by atoms with E-state index in [-0.39, 0.29) is 19.0 Å². The van der Waals surface area contributed by atoms with Crippen LogP contribution in [-0.2, 0) is 0 Å². The van der Waals surface area contributed by atoms with E-state index >= 15 is 0 Å². The molecule has 0 N–H and O–H groups in total. The lowest BCUT2D eigenvalue weighted by Gasteiger charge is -2.44. The van der Waals surface area contributed by atoms with Gasteiger partial charge in [-0.25, -0.2) is 0 Å². The van der Waals surface area contributed by atoms with Gasteiger partial charge in [-0.3, -0.25) is 4.90 Å². The van der Waals surface area contributed by atoms with Crippen molar-refractivity contribution >= 4 is 7.25 Å². The van der Waals surface area contributed by atoms with Crippen LogP contribution < -0.4 is 0 Å². The largest absolute Gasteiger partial charge is 0.673 e. The van der Waals surface area contributed by atoms with Gasteiger partial charge in [0.15, 0.2) is 0 Å². The van der Waals surface area contributed by atoms with E-state index in [1.54, 1.807) is 0 Å². The Hall–Kier alpha value is -2.05. The molecule has 0 saturated carbocycles. The van der Waals surface area contributed by atoms with Gasteiger partial charge in [-0.1, -0.05) is 71.3 Å². The predicted octanol–water partition coefficient (Wildman–Crippen LogP) is 10.9. The average Bonchev–Trinajstić information content (AvgIpc) is 3.26. The van der Waals surface area contributed by atoms with Gasteiger partial charge < -0.3 is 22.2 Å². The van der Waals surface area contributed by atoms with Gasteiger partial charge in [0, 0.05) is 12.4 Å². The number of hydrogen-bond donors (Lipinski definition) is 0. The minimum absolute atomic E-state index is 0.101. The normalized spacial score (nSPS) is 17.3. The van der Waals surface area contributed by atoms with Crippen molar-refractivity contribution in [1.29, 1.82) is 0 Å². The molecule has 0 radical (unpaired) electrons. The SMILES string of the molecule is C=CN1C=CN(C(F)(F)C(F)(F)C(F)(F)C(F)(F)C(F)(F)C(F)(F)F)C1CCCCCCCCCCCC.F[B-](F)(F)F. The van der Waals surface area contributed by atoms with Crippen LogP contribution in [0.4, 0.5) is 74.3 Å². The highest BCUT2D eigenvalue weighted by atomic mass is 19.5. The lowest BCUT2D eigenvalue weighted by atomic mass is 9.96. The van der Waals surface area contributed by atoms with E-state index in [0.29, 0.717) is 19.0 Å². The summed E-state index contributed by atoms with van der Waals surface area (Å²) in [6, 6.07) is -6.31. The summed E-state index contributed by atoms with van der Waals surface area (Å²) in [6.07, 6.45) is 0.120. The third-order valence-electron chi connectivity index (χ3n) is 6.33. The molecule has 20 heteroatoms. The van der Waals surface area contributed by atoms with Crippen LogP contribution in [0.25, 0.3) is 0 Å². The van der Waals surface area contributed by atoms with Gasteiger partial charge in [0.05, 0.1) is 0 Å². The second kappa shape index (κ2) is 15.3. The number of hydrogen-bond acceptors (Lipinski definition) is 2. The van der Waals surface area contributed by atoms with Crippen LogP contribution >= 0.6 is 0 Å². The molecule has 0 bridgehead atoms. The van der Waals surface area contributed by atoms with Crippen LogP contribution in [0.2, 0.25) is 0 Å². The number of rotatable bonds is 17. The van der Waals surface area contributed by atoms with E-state index in [1.807, 2.05) is 0 Å². The van der Waals surface area contributed by atoms with E-state index in [9.17, 15) is 74.3 Å². The first kappa shape index (κ1) is 41.0. The molecule has 0 fully saturated rings. The summed E-state index contributed by atoms with van der Waals surface area (Å²) in [7, 11) is -6.00. The molecule has 0 amide bonds. The number of nitrogens with zero attached hydrogens (tertiary/aromatic N) is 2. The van der Waals surface area contributed by atoms with Crippen molar-refractivity contribution in [1.82, 2.24) is 9.80 Å². The van der Waals surface area contributed by atoms with Crippen molar-refractivity contribution in [2.24, 2.45) is 0 Å². The van der Waals surface area contributed by atoms with Crippen molar-refractivity contribution < 1.29 is 74.3 Å². The Bertz CT molecular complexity index is 865. The van der Waals surface area contributed by atoms with Crippen molar-refractivity contribution in [3.8, 4) is 0 Å². The van der Waals surface area contributed by atoms with Gasteiger partial charge in [-0.2, -0.15) is 57.1 Å². The third kappa shape index (κ3) is 9.98. The molecule has 0 saturated heterocycles.